The predicted octanol–water partition coefficient (Wildman–Crippen LogP) is 3.38. The third-order valence-corrected chi connectivity index (χ3v) is 3.88. The van der Waals surface area contributed by atoms with Crippen LogP contribution in [0.2, 0.25) is 0 Å². The monoisotopic (exact) mass is 278 g/mol. The zero-order valence-electron chi connectivity index (χ0n) is 12.3. The smallest absolute Gasteiger partial charge is 0.304 e. The fraction of sp³-hybridized carbons (Fsp3) is 0.562. The molecule has 110 valence electrons. The molecule has 0 amide bonds. The second kappa shape index (κ2) is 5.73. The zero-order chi connectivity index (χ0) is 14.8. The van der Waals surface area contributed by atoms with Crippen molar-refractivity contribution in [3.05, 3.63) is 23.8 Å². The van der Waals surface area contributed by atoms with Crippen LogP contribution in [0.3, 0.4) is 0 Å². The van der Waals surface area contributed by atoms with Crippen LogP contribution in [-0.4, -0.2) is 24.3 Å². The quantitative estimate of drug-likeness (QED) is 0.866. The van der Waals surface area contributed by atoms with E-state index in [9.17, 15) is 4.79 Å². The van der Waals surface area contributed by atoms with E-state index >= 15 is 0 Å². The van der Waals surface area contributed by atoms with Gasteiger partial charge in [-0.05, 0) is 37.0 Å². The van der Waals surface area contributed by atoms with E-state index in [1.54, 1.807) is 7.11 Å². The largest absolute Gasteiger partial charge is 0.493 e. The molecular weight excluding hydrogens is 256 g/mol. The van der Waals surface area contributed by atoms with Gasteiger partial charge in [-0.3, -0.25) is 4.79 Å². The standard InChI is InChI=1S/C16H22O4/c1-16(2,10-15(17)18)11-7-8-13(14(9-11)19-3)20-12-5-4-6-12/h7-9,12H,4-6,10H2,1-3H3,(H,17,18). The van der Waals surface area contributed by atoms with Crippen molar-refractivity contribution in [3.63, 3.8) is 0 Å². The van der Waals surface area contributed by atoms with Gasteiger partial charge in [0, 0.05) is 5.41 Å². The van der Waals surface area contributed by atoms with Crippen LogP contribution >= 0.6 is 0 Å². The van der Waals surface area contributed by atoms with E-state index in [4.69, 9.17) is 14.6 Å². The van der Waals surface area contributed by atoms with Crippen molar-refractivity contribution in [2.45, 2.75) is 51.0 Å². The molecule has 1 N–H and O–H groups in total. The molecule has 0 atom stereocenters. The second-order valence-electron chi connectivity index (χ2n) is 5.99. The first-order chi connectivity index (χ1) is 9.42. The summed E-state index contributed by atoms with van der Waals surface area (Å²) in [5.41, 5.74) is 0.506. The van der Waals surface area contributed by atoms with E-state index in [1.807, 2.05) is 32.0 Å². The summed E-state index contributed by atoms with van der Waals surface area (Å²) in [4.78, 5) is 10.9. The fourth-order valence-corrected chi connectivity index (χ4v) is 2.33. The third-order valence-electron chi connectivity index (χ3n) is 3.88. The van der Waals surface area contributed by atoms with Gasteiger partial charge >= 0.3 is 5.97 Å². The molecule has 0 unspecified atom stereocenters. The number of benzene rings is 1. The number of methoxy groups -OCH3 is 1. The molecule has 0 radical (unpaired) electrons. The van der Waals surface area contributed by atoms with E-state index in [2.05, 4.69) is 0 Å². The van der Waals surface area contributed by atoms with Crippen LogP contribution in [0.5, 0.6) is 11.5 Å². The van der Waals surface area contributed by atoms with Gasteiger partial charge < -0.3 is 14.6 Å². The van der Waals surface area contributed by atoms with Crippen molar-refractivity contribution in [1.82, 2.24) is 0 Å². The third kappa shape index (κ3) is 3.24. The molecule has 1 aliphatic carbocycles. The summed E-state index contributed by atoms with van der Waals surface area (Å²) < 4.78 is 11.3. The van der Waals surface area contributed by atoms with E-state index in [1.165, 1.54) is 6.42 Å². The van der Waals surface area contributed by atoms with Gasteiger partial charge in [0.1, 0.15) is 0 Å². The summed E-state index contributed by atoms with van der Waals surface area (Å²) in [6.45, 7) is 3.84. The molecule has 1 saturated carbocycles. The Morgan fingerprint density at radius 2 is 2.05 bits per heavy atom. The molecule has 4 heteroatoms. The fourth-order valence-electron chi connectivity index (χ4n) is 2.33. The maximum absolute atomic E-state index is 10.9. The van der Waals surface area contributed by atoms with E-state index in [-0.39, 0.29) is 6.42 Å². The molecule has 1 aliphatic rings. The maximum Gasteiger partial charge on any atom is 0.304 e. The molecule has 2 rings (SSSR count). The lowest BCUT2D eigenvalue weighted by molar-refractivity contribution is -0.138. The van der Waals surface area contributed by atoms with Crippen molar-refractivity contribution in [3.8, 4) is 11.5 Å². The van der Waals surface area contributed by atoms with Crippen LogP contribution in [0, 0.1) is 0 Å². The average Bonchev–Trinajstić information content (AvgIpc) is 2.32. The number of rotatable bonds is 6. The van der Waals surface area contributed by atoms with Crippen molar-refractivity contribution < 1.29 is 19.4 Å². The number of carboxylic acid groups (broad SMARTS) is 1. The highest BCUT2D eigenvalue weighted by atomic mass is 16.5. The summed E-state index contributed by atoms with van der Waals surface area (Å²) in [6.07, 6.45) is 3.78. The highest BCUT2D eigenvalue weighted by Gasteiger charge is 2.26. The normalized spacial score (nSPS) is 15.6. The van der Waals surface area contributed by atoms with Crippen molar-refractivity contribution in [2.75, 3.05) is 7.11 Å². The first-order valence-electron chi connectivity index (χ1n) is 6.99. The molecule has 0 aliphatic heterocycles. The lowest BCUT2D eigenvalue weighted by Crippen LogP contribution is -2.25. The Hall–Kier alpha value is -1.71. The van der Waals surface area contributed by atoms with Crippen LogP contribution in [0.1, 0.15) is 45.1 Å². The van der Waals surface area contributed by atoms with Gasteiger partial charge in [-0.1, -0.05) is 19.9 Å². The molecule has 0 heterocycles. The molecule has 0 aromatic heterocycles. The Morgan fingerprint density at radius 3 is 2.55 bits per heavy atom. The highest BCUT2D eigenvalue weighted by molar-refractivity contribution is 5.69. The molecule has 1 aromatic rings. The van der Waals surface area contributed by atoms with E-state index < -0.39 is 11.4 Å². The number of hydrogen-bond donors (Lipinski definition) is 1. The molecule has 0 bridgehead atoms. The molecule has 4 nitrogen and oxygen atoms in total. The molecule has 20 heavy (non-hydrogen) atoms. The van der Waals surface area contributed by atoms with E-state index in [0.717, 1.165) is 24.2 Å². The summed E-state index contributed by atoms with van der Waals surface area (Å²) >= 11 is 0. The minimum atomic E-state index is -0.802. The van der Waals surface area contributed by atoms with Crippen molar-refractivity contribution >= 4 is 5.97 Å². The van der Waals surface area contributed by atoms with Gasteiger partial charge in [-0.2, -0.15) is 0 Å². The second-order valence-corrected chi connectivity index (χ2v) is 5.99. The topological polar surface area (TPSA) is 55.8 Å². The number of ether oxygens (including phenoxy) is 2. The Labute approximate surface area is 119 Å². The number of carbonyl (C=O) groups is 1. The van der Waals surface area contributed by atoms with Crippen LogP contribution in [0.4, 0.5) is 0 Å². The number of aliphatic carboxylic acids is 1. The van der Waals surface area contributed by atoms with Crippen molar-refractivity contribution in [2.24, 2.45) is 0 Å². The Balaban J connectivity index is 2.21. The lowest BCUT2D eigenvalue weighted by Gasteiger charge is -2.28. The summed E-state index contributed by atoms with van der Waals surface area (Å²) in [5, 5.41) is 8.99. The van der Waals surface area contributed by atoms with Gasteiger partial charge in [0.15, 0.2) is 11.5 Å². The molecule has 1 aromatic carbocycles. The molecule has 0 saturated heterocycles. The van der Waals surface area contributed by atoms with Gasteiger partial charge in [0.05, 0.1) is 19.6 Å². The first kappa shape index (κ1) is 14.7. The Bertz CT molecular complexity index is 489. The predicted molar refractivity (Wildman–Crippen MR) is 76.5 cm³/mol. The Morgan fingerprint density at radius 1 is 1.35 bits per heavy atom. The lowest BCUT2D eigenvalue weighted by atomic mass is 9.81. The average molecular weight is 278 g/mol. The Kier molecular flexibility index (Phi) is 4.21. The highest BCUT2D eigenvalue weighted by Crippen LogP contribution is 2.37. The van der Waals surface area contributed by atoms with Crippen LogP contribution < -0.4 is 9.47 Å². The van der Waals surface area contributed by atoms with Gasteiger partial charge in [-0.25, -0.2) is 0 Å². The molecular formula is C16H22O4. The van der Waals surface area contributed by atoms with E-state index in [0.29, 0.717) is 11.9 Å². The number of hydrogen-bond acceptors (Lipinski definition) is 3. The first-order valence-corrected chi connectivity index (χ1v) is 6.99. The zero-order valence-corrected chi connectivity index (χ0v) is 12.3. The van der Waals surface area contributed by atoms with Gasteiger partial charge in [0.2, 0.25) is 0 Å². The summed E-state index contributed by atoms with van der Waals surface area (Å²) in [6, 6.07) is 5.70. The minimum absolute atomic E-state index is 0.0823. The van der Waals surface area contributed by atoms with Crippen LogP contribution in [0.25, 0.3) is 0 Å². The molecule has 0 spiro atoms. The van der Waals surface area contributed by atoms with Gasteiger partial charge in [-0.15, -0.1) is 0 Å². The van der Waals surface area contributed by atoms with Gasteiger partial charge in [0.25, 0.3) is 0 Å². The minimum Gasteiger partial charge on any atom is -0.493 e. The maximum atomic E-state index is 10.9. The SMILES string of the molecule is COc1cc(C(C)(C)CC(=O)O)ccc1OC1CCC1. The number of carboxylic acids is 1. The van der Waals surface area contributed by atoms with Crippen LogP contribution in [0.15, 0.2) is 18.2 Å². The summed E-state index contributed by atoms with van der Waals surface area (Å²) in [7, 11) is 1.61. The molecule has 1 fully saturated rings. The van der Waals surface area contributed by atoms with Crippen LogP contribution in [-0.2, 0) is 10.2 Å². The van der Waals surface area contributed by atoms with Crippen molar-refractivity contribution in [1.29, 1.82) is 0 Å². The summed E-state index contributed by atoms with van der Waals surface area (Å²) in [5.74, 6) is 0.615.